The van der Waals surface area contributed by atoms with Crippen molar-refractivity contribution in [3.63, 3.8) is 0 Å². The smallest absolute Gasteiger partial charge is 0.303 e. The number of rotatable bonds is 7. The molecule has 0 spiro atoms. The summed E-state index contributed by atoms with van der Waals surface area (Å²) in [6.45, 7) is 0. The fraction of sp³-hybridized carbons (Fsp3) is 0.200. The maximum Gasteiger partial charge on any atom is 0.303 e. The van der Waals surface area contributed by atoms with Crippen LogP contribution >= 0.6 is 11.8 Å². The average molecular weight is 398 g/mol. The zero-order valence-electron chi connectivity index (χ0n) is 14.8. The summed E-state index contributed by atoms with van der Waals surface area (Å²) in [6.07, 6.45) is -0.193. The number of imide groups is 1. The summed E-state index contributed by atoms with van der Waals surface area (Å²) < 4.78 is 0. The molecule has 2 N–H and O–H groups in total. The second-order valence-electron chi connectivity index (χ2n) is 6.18. The van der Waals surface area contributed by atoms with Crippen molar-refractivity contribution in [2.45, 2.75) is 29.4 Å². The Morgan fingerprint density at radius 2 is 1.71 bits per heavy atom. The van der Waals surface area contributed by atoms with Gasteiger partial charge < -0.3 is 10.4 Å². The highest BCUT2D eigenvalue weighted by Crippen LogP contribution is 2.34. The molecular weight excluding hydrogens is 380 g/mol. The third-order valence-corrected chi connectivity index (χ3v) is 5.30. The van der Waals surface area contributed by atoms with E-state index in [1.165, 1.54) is 16.7 Å². The van der Waals surface area contributed by atoms with E-state index >= 15 is 0 Å². The summed E-state index contributed by atoms with van der Waals surface area (Å²) in [5.41, 5.74) is 1.11. The molecular formula is C20H18N2O5S. The minimum absolute atomic E-state index is 0.0974. The van der Waals surface area contributed by atoms with E-state index in [1.54, 1.807) is 48.5 Å². The zero-order chi connectivity index (χ0) is 20.1. The summed E-state index contributed by atoms with van der Waals surface area (Å²) in [4.78, 5) is 49.1. The largest absolute Gasteiger partial charge is 0.481 e. The third-order valence-electron chi connectivity index (χ3n) is 4.10. The molecule has 1 unspecified atom stereocenters. The number of carboxylic acid groups (broad SMARTS) is 1. The first-order valence-corrected chi connectivity index (χ1v) is 9.52. The van der Waals surface area contributed by atoms with Gasteiger partial charge in [-0.15, -0.1) is 11.8 Å². The van der Waals surface area contributed by atoms with E-state index in [2.05, 4.69) is 5.32 Å². The van der Waals surface area contributed by atoms with Gasteiger partial charge in [0.05, 0.1) is 17.4 Å². The Morgan fingerprint density at radius 3 is 2.36 bits per heavy atom. The van der Waals surface area contributed by atoms with Gasteiger partial charge in [-0.2, -0.15) is 0 Å². The average Bonchev–Trinajstić information content (AvgIpc) is 2.95. The molecule has 0 saturated carbocycles. The molecule has 0 radical (unpaired) electrons. The third kappa shape index (κ3) is 4.77. The summed E-state index contributed by atoms with van der Waals surface area (Å²) in [6, 6.07) is 15.7. The molecule has 28 heavy (non-hydrogen) atoms. The van der Waals surface area contributed by atoms with Crippen LogP contribution in [0.1, 0.15) is 19.3 Å². The van der Waals surface area contributed by atoms with Crippen molar-refractivity contribution < 1.29 is 24.3 Å². The highest BCUT2D eigenvalue weighted by molar-refractivity contribution is 8.00. The van der Waals surface area contributed by atoms with Crippen LogP contribution in [0.2, 0.25) is 0 Å². The van der Waals surface area contributed by atoms with Gasteiger partial charge in [-0.3, -0.25) is 19.2 Å². The van der Waals surface area contributed by atoms with E-state index in [0.717, 1.165) is 4.90 Å². The Labute approximate surface area is 165 Å². The van der Waals surface area contributed by atoms with Gasteiger partial charge in [-0.25, -0.2) is 4.90 Å². The molecule has 144 valence electrons. The lowest BCUT2D eigenvalue weighted by Crippen LogP contribution is -2.30. The number of amides is 3. The highest BCUT2D eigenvalue weighted by Gasteiger charge is 2.40. The van der Waals surface area contributed by atoms with Crippen LogP contribution in [0.3, 0.4) is 0 Å². The van der Waals surface area contributed by atoms with Crippen molar-refractivity contribution in [2.75, 3.05) is 10.2 Å². The Morgan fingerprint density at radius 1 is 1.04 bits per heavy atom. The number of nitrogens with one attached hydrogen (secondary N) is 1. The number of hydrogen-bond acceptors (Lipinski definition) is 5. The topological polar surface area (TPSA) is 104 Å². The van der Waals surface area contributed by atoms with E-state index in [9.17, 15) is 19.2 Å². The molecule has 2 aromatic rings. The van der Waals surface area contributed by atoms with E-state index in [1.807, 2.05) is 6.07 Å². The van der Waals surface area contributed by atoms with Gasteiger partial charge in [0.1, 0.15) is 0 Å². The standard InChI is InChI=1S/C20H18N2O5S/c23-17(10-11-19(25)26)21-13-6-8-15(9-7-13)28-16-12-18(24)22(20(16)27)14-4-2-1-3-5-14/h1-9,16H,10-12H2,(H,21,23)(H,25,26). The molecule has 1 fully saturated rings. The van der Waals surface area contributed by atoms with Crippen LogP contribution in [0.5, 0.6) is 0 Å². The lowest BCUT2D eigenvalue weighted by atomic mass is 10.2. The maximum atomic E-state index is 12.6. The fourth-order valence-electron chi connectivity index (χ4n) is 2.77. The second kappa shape index (κ2) is 8.71. The number of carbonyl (C=O) groups excluding carboxylic acids is 3. The number of benzene rings is 2. The Hall–Kier alpha value is -3.13. The molecule has 8 heteroatoms. The van der Waals surface area contributed by atoms with Gasteiger partial charge in [0.15, 0.2) is 0 Å². The van der Waals surface area contributed by atoms with Crippen molar-refractivity contribution in [3.05, 3.63) is 54.6 Å². The first-order valence-electron chi connectivity index (χ1n) is 8.64. The van der Waals surface area contributed by atoms with Gasteiger partial charge >= 0.3 is 5.97 Å². The van der Waals surface area contributed by atoms with Gasteiger partial charge in [-0.1, -0.05) is 18.2 Å². The van der Waals surface area contributed by atoms with E-state index in [4.69, 9.17) is 5.11 Å². The van der Waals surface area contributed by atoms with Gasteiger partial charge in [0.25, 0.3) is 0 Å². The van der Waals surface area contributed by atoms with Gasteiger partial charge in [0, 0.05) is 23.4 Å². The molecule has 1 atom stereocenters. The molecule has 1 aliphatic heterocycles. The number of hydrogen-bond donors (Lipinski definition) is 2. The maximum absolute atomic E-state index is 12.6. The van der Waals surface area contributed by atoms with Crippen molar-refractivity contribution in [1.82, 2.24) is 0 Å². The molecule has 3 amide bonds. The van der Waals surface area contributed by atoms with Gasteiger partial charge in [0.2, 0.25) is 17.7 Å². The number of thioether (sulfide) groups is 1. The van der Waals surface area contributed by atoms with Crippen LogP contribution in [-0.4, -0.2) is 34.0 Å². The molecule has 1 heterocycles. The van der Waals surface area contributed by atoms with Crippen molar-refractivity contribution in [2.24, 2.45) is 0 Å². The van der Waals surface area contributed by atoms with E-state index in [-0.39, 0.29) is 37.0 Å². The quantitative estimate of drug-likeness (QED) is 0.695. The van der Waals surface area contributed by atoms with Crippen molar-refractivity contribution in [1.29, 1.82) is 0 Å². The second-order valence-corrected chi connectivity index (χ2v) is 7.46. The predicted octanol–water partition coefficient (Wildman–Crippen LogP) is 2.91. The molecule has 2 aromatic carbocycles. The van der Waals surface area contributed by atoms with Crippen LogP contribution in [-0.2, 0) is 19.2 Å². The Bertz CT molecular complexity index is 899. The van der Waals surface area contributed by atoms with Crippen molar-refractivity contribution in [3.8, 4) is 0 Å². The summed E-state index contributed by atoms with van der Waals surface area (Å²) >= 11 is 1.30. The lowest BCUT2D eigenvalue weighted by Gasteiger charge is -2.14. The lowest BCUT2D eigenvalue weighted by molar-refractivity contribution is -0.138. The summed E-state index contributed by atoms with van der Waals surface area (Å²) in [7, 11) is 0. The molecule has 1 saturated heterocycles. The van der Waals surface area contributed by atoms with Crippen LogP contribution < -0.4 is 10.2 Å². The molecule has 0 aromatic heterocycles. The van der Waals surface area contributed by atoms with Crippen LogP contribution in [0.25, 0.3) is 0 Å². The number of anilines is 2. The van der Waals surface area contributed by atoms with E-state index < -0.39 is 11.2 Å². The molecule has 1 aliphatic rings. The zero-order valence-corrected chi connectivity index (χ0v) is 15.6. The molecule has 0 aliphatic carbocycles. The number of carbonyl (C=O) groups is 4. The summed E-state index contributed by atoms with van der Waals surface area (Å²) in [5, 5.41) is 10.7. The fourth-order valence-corrected chi connectivity index (χ4v) is 3.82. The van der Waals surface area contributed by atoms with Gasteiger partial charge in [-0.05, 0) is 36.4 Å². The molecule has 0 bridgehead atoms. The minimum Gasteiger partial charge on any atom is -0.481 e. The normalized spacial score (nSPS) is 16.3. The van der Waals surface area contributed by atoms with Crippen LogP contribution in [0.4, 0.5) is 11.4 Å². The first-order chi connectivity index (χ1) is 13.4. The number of para-hydroxylation sites is 1. The monoisotopic (exact) mass is 398 g/mol. The minimum atomic E-state index is -1.03. The Balaban J connectivity index is 1.60. The van der Waals surface area contributed by atoms with Crippen LogP contribution in [0.15, 0.2) is 59.5 Å². The van der Waals surface area contributed by atoms with E-state index in [0.29, 0.717) is 11.4 Å². The highest BCUT2D eigenvalue weighted by atomic mass is 32.2. The number of aliphatic carboxylic acids is 1. The SMILES string of the molecule is O=C(O)CCC(=O)Nc1ccc(SC2CC(=O)N(c3ccccc3)C2=O)cc1. The first kappa shape index (κ1) is 19.6. The molecule has 3 rings (SSSR count). The summed E-state index contributed by atoms with van der Waals surface area (Å²) in [5.74, 6) is -1.87. The molecule has 7 nitrogen and oxygen atoms in total. The van der Waals surface area contributed by atoms with Crippen molar-refractivity contribution >= 4 is 46.8 Å². The number of nitrogens with zero attached hydrogens (tertiary/aromatic N) is 1. The van der Waals surface area contributed by atoms with Crippen LogP contribution in [0, 0.1) is 0 Å². The Kier molecular flexibility index (Phi) is 6.10. The predicted molar refractivity (Wildman–Crippen MR) is 105 cm³/mol. The number of carboxylic acids is 1.